The number of carbonyl (C=O) groups is 2. The summed E-state index contributed by atoms with van der Waals surface area (Å²) < 4.78 is 15.7. The minimum Gasteiger partial charge on any atom is -0.549 e. The van der Waals surface area contributed by atoms with Gasteiger partial charge in [0.2, 0.25) is 8.32 Å². The van der Waals surface area contributed by atoms with Crippen LogP contribution in [-0.4, -0.2) is 34.5 Å². The van der Waals surface area contributed by atoms with Crippen LogP contribution < -0.4 is 0 Å². The molecule has 0 aromatic heterocycles. The van der Waals surface area contributed by atoms with E-state index in [-0.39, 0.29) is 17.4 Å². The summed E-state index contributed by atoms with van der Waals surface area (Å²) in [6, 6.07) is 0. The van der Waals surface area contributed by atoms with Crippen LogP contribution in [0.4, 0.5) is 0 Å². The molecule has 0 N–H and O–H groups in total. The summed E-state index contributed by atoms with van der Waals surface area (Å²) in [5.74, 6) is -1.26. The molecule has 5 nitrogen and oxygen atoms in total. The summed E-state index contributed by atoms with van der Waals surface area (Å²) in [7, 11) is 0.663. The van der Waals surface area contributed by atoms with Gasteiger partial charge in [-0.15, -0.1) is 0 Å². The highest BCUT2D eigenvalue weighted by atomic mass is 28.4. The van der Waals surface area contributed by atoms with Crippen LogP contribution in [0, 0.1) is 11.3 Å². The van der Waals surface area contributed by atoms with Crippen molar-refractivity contribution in [3.05, 3.63) is 24.5 Å². The molecule has 1 aliphatic rings. The molecule has 0 amide bonds. The van der Waals surface area contributed by atoms with E-state index in [4.69, 9.17) is 13.9 Å². The van der Waals surface area contributed by atoms with Crippen LogP contribution in [0.1, 0.15) is 33.6 Å². The van der Waals surface area contributed by atoms with Crippen LogP contribution in [0.3, 0.4) is 0 Å². The summed E-state index contributed by atoms with van der Waals surface area (Å²) in [6.45, 7) is 14.8. The highest BCUT2D eigenvalue weighted by Gasteiger charge is 2.54. The molecule has 0 aromatic carbocycles. The molecule has 0 bridgehead atoms. The SMILES string of the molecule is C=C1CC(C(=O)OC)(C(=O)OC)CC1/C=C/O[Si](C)(C)C(C)(C)C. The average Bonchev–Trinajstić information content (AvgIpc) is 2.82. The zero-order valence-electron chi connectivity index (χ0n) is 15.9. The van der Waals surface area contributed by atoms with Crippen molar-refractivity contribution in [2.45, 2.75) is 51.7 Å². The Labute approximate surface area is 146 Å². The van der Waals surface area contributed by atoms with Crippen molar-refractivity contribution in [2.24, 2.45) is 11.3 Å². The lowest BCUT2D eigenvalue weighted by Crippen LogP contribution is -2.39. The lowest BCUT2D eigenvalue weighted by molar-refractivity contribution is -0.168. The van der Waals surface area contributed by atoms with Gasteiger partial charge in [0, 0.05) is 5.92 Å². The van der Waals surface area contributed by atoms with Crippen molar-refractivity contribution >= 4 is 20.3 Å². The highest BCUT2D eigenvalue weighted by molar-refractivity contribution is 6.74. The van der Waals surface area contributed by atoms with E-state index in [9.17, 15) is 9.59 Å². The Balaban J connectivity index is 2.93. The molecule has 0 heterocycles. The average molecular weight is 355 g/mol. The fraction of sp³-hybridized carbons (Fsp3) is 0.667. The van der Waals surface area contributed by atoms with Gasteiger partial charge in [-0.25, -0.2) is 0 Å². The minimum atomic E-state index is -1.89. The fourth-order valence-electron chi connectivity index (χ4n) is 2.58. The van der Waals surface area contributed by atoms with Crippen LogP contribution in [-0.2, 0) is 23.5 Å². The van der Waals surface area contributed by atoms with E-state index in [2.05, 4.69) is 40.4 Å². The minimum absolute atomic E-state index is 0.103. The molecule has 0 spiro atoms. The van der Waals surface area contributed by atoms with E-state index in [1.165, 1.54) is 14.2 Å². The van der Waals surface area contributed by atoms with Gasteiger partial charge in [0.1, 0.15) is 0 Å². The highest BCUT2D eigenvalue weighted by Crippen LogP contribution is 2.47. The smallest absolute Gasteiger partial charge is 0.323 e. The monoisotopic (exact) mass is 354 g/mol. The number of allylic oxidation sites excluding steroid dienone is 2. The van der Waals surface area contributed by atoms with Gasteiger partial charge in [0.15, 0.2) is 5.41 Å². The molecule has 0 saturated heterocycles. The molecule has 24 heavy (non-hydrogen) atoms. The second-order valence-corrected chi connectivity index (χ2v) is 12.7. The van der Waals surface area contributed by atoms with Crippen LogP contribution in [0.15, 0.2) is 24.5 Å². The molecule has 1 saturated carbocycles. The van der Waals surface area contributed by atoms with Crippen LogP contribution in [0.2, 0.25) is 18.1 Å². The van der Waals surface area contributed by atoms with Gasteiger partial charge in [0.25, 0.3) is 0 Å². The Morgan fingerprint density at radius 1 is 1.21 bits per heavy atom. The van der Waals surface area contributed by atoms with Gasteiger partial charge < -0.3 is 13.9 Å². The summed E-state index contributed by atoms with van der Waals surface area (Å²) in [4.78, 5) is 24.4. The molecule has 0 aliphatic heterocycles. The molecule has 1 fully saturated rings. The predicted molar refractivity (Wildman–Crippen MR) is 95.8 cm³/mol. The standard InChI is InChI=1S/C18H30O5Si/c1-13-11-18(15(19)21-5,16(20)22-6)12-14(13)9-10-23-24(7,8)17(2,3)4/h9-10,14H,1,11-12H2,2-8H3/b10-9+. The number of ether oxygens (including phenoxy) is 2. The zero-order valence-corrected chi connectivity index (χ0v) is 16.9. The van der Waals surface area contributed by atoms with Crippen molar-refractivity contribution < 1.29 is 23.5 Å². The van der Waals surface area contributed by atoms with Crippen LogP contribution in [0.5, 0.6) is 0 Å². The first-order valence-corrected chi connectivity index (χ1v) is 11.0. The molecule has 1 rings (SSSR count). The van der Waals surface area contributed by atoms with Crippen LogP contribution >= 0.6 is 0 Å². The molecule has 1 unspecified atom stereocenters. The van der Waals surface area contributed by atoms with Gasteiger partial charge in [-0.2, -0.15) is 0 Å². The predicted octanol–water partition coefficient (Wildman–Crippen LogP) is 3.82. The third kappa shape index (κ3) is 3.91. The second kappa shape index (κ2) is 7.13. The third-order valence-electron chi connectivity index (χ3n) is 5.25. The summed E-state index contributed by atoms with van der Waals surface area (Å²) in [6.07, 6.45) is 4.12. The first-order valence-electron chi connectivity index (χ1n) is 8.10. The molecule has 136 valence electrons. The van der Waals surface area contributed by atoms with Crippen molar-refractivity contribution in [2.75, 3.05) is 14.2 Å². The largest absolute Gasteiger partial charge is 0.549 e. The number of carbonyl (C=O) groups excluding carboxylic acids is 2. The normalized spacial score (nSPS) is 21.0. The maximum absolute atomic E-state index is 12.2. The van der Waals surface area contributed by atoms with Gasteiger partial charge in [-0.05, 0) is 37.0 Å². The van der Waals surface area contributed by atoms with E-state index >= 15 is 0 Å². The van der Waals surface area contributed by atoms with Crippen molar-refractivity contribution in [1.29, 1.82) is 0 Å². The molecule has 1 aliphatic carbocycles. The van der Waals surface area contributed by atoms with E-state index in [1.807, 2.05) is 6.08 Å². The Morgan fingerprint density at radius 2 is 1.71 bits per heavy atom. The summed E-state index contributed by atoms with van der Waals surface area (Å²) in [5, 5.41) is 0.103. The number of methoxy groups -OCH3 is 2. The topological polar surface area (TPSA) is 61.8 Å². The van der Waals surface area contributed by atoms with Crippen molar-refractivity contribution in [3.8, 4) is 0 Å². The van der Waals surface area contributed by atoms with Gasteiger partial charge in [0.05, 0.1) is 20.5 Å². The second-order valence-electron chi connectivity index (χ2n) is 7.92. The number of hydrogen-bond acceptors (Lipinski definition) is 5. The quantitative estimate of drug-likeness (QED) is 0.247. The Kier molecular flexibility index (Phi) is 6.08. The van der Waals surface area contributed by atoms with E-state index < -0.39 is 25.7 Å². The molecule has 0 radical (unpaired) electrons. The molecule has 1 atom stereocenters. The Morgan fingerprint density at radius 3 is 2.12 bits per heavy atom. The summed E-state index contributed by atoms with van der Waals surface area (Å²) >= 11 is 0. The molecule has 6 heteroatoms. The Bertz CT molecular complexity index is 526. The van der Waals surface area contributed by atoms with E-state index in [0.717, 1.165) is 5.57 Å². The van der Waals surface area contributed by atoms with Gasteiger partial charge >= 0.3 is 11.9 Å². The van der Waals surface area contributed by atoms with E-state index in [1.54, 1.807) is 6.26 Å². The van der Waals surface area contributed by atoms with Gasteiger partial charge in [-0.3, -0.25) is 9.59 Å². The zero-order chi connectivity index (χ0) is 18.8. The van der Waals surface area contributed by atoms with Crippen molar-refractivity contribution in [3.63, 3.8) is 0 Å². The molecule has 0 aromatic rings. The number of esters is 2. The first-order chi connectivity index (χ1) is 10.9. The molecular formula is C18H30O5Si. The number of rotatable bonds is 5. The maximum Gasteiger partial charge on any atom is 0.323 e. The number of hydrogen-bond donors (Lipinski definition) is 0. The fourth-order valence-corrected chi connectivity index (χ4v) is 3.35. The van der Waals surface area contributed by atoms with Crippen molar-refractivity contribution in [1.82, 2.24) is 0 Å². The van der Waals surface area contributed by atoms with Gasteiger partial charge in [-0.1, -0.05) is 32.9 Å². The lowest BCUT2D eigenvalue weighted by atomic mass is 9.85. The third-order valence-corrected chi connectivity index (χ3v) is 9.59. The Hall–Kier alpha value is -1.56. The summed E-state index contributed by atoms with van der Waals surface area (Å²) in [5.41, 5.74) is -0.493. The van der Waals surface area contributed by atoms with Crippen LogP contribution in [0.25, 0.3) is 0 Å². The lowest BCUT2D eigenvalue weighted by Gasteiger charge is -2.35. The first kappa shape index (κ1) is 20.5. The maximum atomic E-state index is 12.2. The molecular weight excluding hydrogens is 324 g/mol. The van der Waals surface area contributed by atoms with E-state index in [0.29, 0.717) is 6.42 Å².